The van der Waals surface area contributed by atoms with Gasteiger partial charge in [-0.15, -0.1) is 5.10 Å². The zero-order valence-corrected chi connectivity index (χ0v) is 17.0. The number of likely N-dealkylation sites (tertiary alicyclic amines) is 1. The van der Waals surface area contributed by atoms with E-state index >= 15 is 0 Å². The molecule has 0 radical (unpaired) electrons. The van der Waals surface area contributed by atoms with Crippen LogP contribution in [0.5, 0.6) is 0 Å². The molecule has 0 aliphatic carbocycles. The van der Waals surface area contributed by atoms with Crippen molar-refractivity contribution in [2.45, 2.75) is 30.4 Å². The minimum Gasteiger partial charge on any atom is -0.368 e. The van der Waals surface area contributed by atoms with Gasteiger partial charge in [-0.25, -0.2) is 13.1 Å². The number of hydrogen-bond acceptors (Lipinski definition) is 6. The Morgan fingerprint density at radius 1 is 1.07 bits per heavy atom. The number of aromatic nitrogens is 3. The standard InChI is InChI=1S/C20H22N6O3S/c27-19(13-26-17-7-3-1-5-15(17)22-24-26)25-11-9-14(10-12-25)20-21-16-6-2-4-8-18(16)30(28,29)23-20/h1-8,14,20-21,23H,9-13H2. The van der Waals surface area contributed by atoms with Crippen molar-refractivity contribution in [3.63, 3.8) is 0 Å². The summed E-state index contributed by atoms with van der Waals surface area (Å²) in [4.78, 5) is 14.9. The van der Waals surface area contributed by atoms with Crippen LogP contribution in [0.3, 0.4) is 0 Å². The summed E-state index contributed by atoms with van der Waals surface area (Å²) in [6, 6.07) is 14.5. The highest BCUT2D eigenvalue weighted by Gasteiger charge is 2.35. The Labute approximate surface area is 174 Å². The van der Waals surface area contributed by atoms with E-state index < -0.39 is 10.0 Å². The molecule has 9 nitrogen and oxygen atoms in total. The van der Waals surface area contributed by atoms with Crippen LogP contribution in [0.25, 0.3) is 11.0 Å². The van der Waals surface area contributed by atoms with Crippen LogP contribution < -0.4 is 10.0 Å². The lowest BCUT2D eigenvalue weighted by Gasteiger charge is -2.38. The summed E-state index contributed by atoms with van der Waals surface area (Å²) < 4.78 is 29.5. The molecule has 1 amide bonds. The van der Waals surface area contributed by atoms with Crippen molar-refractivity contribution in [1.29, 1.82) is 0 Å². The van der Waals surface area contributed by atoms with Gasteiger partial charge in [0.15, 0.2) is 0 Å². The Kier molecular flexibility index (Phi) is 4.67. The molecule has 2 aromatic carbocycles. The first-order valence-corrected chi connectivity index (χ1v) is 11.4. The first kappa shape index (κ1) is 19.0. The Hall–Kier alpha value is -2.98. The molecule has 10 heteroatoms. The molecule has 1 aromatic heterocycles. The van der Waals surface area contributed by atoms with Crippen LogP contribution in [0.4, 0.5) is 5.69 Å². The fraction of sp³-hybridized carbons (Fsp3) is 0.350. The molecule has 156 valence electrons. The average molecular weight is 427 g/mol. The Balaban J connectivity index is 1.23. The van der Waals surface area contributed by atoms with E-state index in [0.717, 1.165) is 11.0 Å². The molecule has 3 aromatic rings. The topological polar surface area (TPSA) is 109 Å². The molecule has 0 saturated carbocycles. The summed E-state index contributed by atoms with van der Waals surface area (Å²) in [5.74, 6) is 0.0935. The third-order valence-corrected chi connectivity index (χ3v) is 7.34. The molecule has 5 rings (SSSR count). The quantitative estimate of drug-likeness (QED) is 0.655. The fourth-order valence-corrected chi connectivity index (χ4v) is 5.59. The van der Waals surface area contributed by atoms with Crippen molar-refractivity contribution in [2.75, 3.05) is 18.4 Å². The van der Waals surface area contributed by atoms with E-state index in [0.29, 0.717) is 31.6 Å². The molecule has 3 heterocycles. The minimum atomic E-state index is -3.54. The number of carbonyl (C=O) groups is 1. The van der Waals surface area contributed by atoms with Gasteiger partial charge in [-0.05, 0) is 43.0 Å². The third-order valence-electron chi connectivity index (χ3n) is 5.84. The molecule has 0 bridgehead atoms. The van der Waals surface area contributed by atoms with Crippen LogP contribution in [0.2, 0.25) is 0 Å². The van der Waals surface area contributed by atoms with E-state index in [2.05, 4.69) is 20.4 Å². The van der Waals surface area contributed by atoms with Crippen molar-refractivity contribution in [1.82, 2.24) is 24.6 Å². The highest BCUT2D eigenvalue weighted by Crippen LogP contribution is 2.30. The van der Waals surface area contributed by atoms with Gasteiger partial charge in [0.25, 0.3) is 0 Å². The van der Waals surface area contributed by atoms with Gasteiger partial charge in [-0.1, -0.05) is 29.5 Å². The number of rotatable bonds is 3. The number of hydrogen-bond donors (Lipinski definition) is 2. The molecule has 2 aliphatic rings. The minimum absolute atomic E-state index is 0.00775. The highest BCUT2D eigenvalue weighted by molar-refractivity contribution is 7.89. The molecule has 0 spiro atoms. The van der Waals surface area contributed by atoms with Crippen LogP contribution in [-0.4, -0.2) is 53.5 Å². The molecule has 1 atom stereocenters. The molecule has 1 fully saturated rings. The van der Waals surface area contributed by atoms with Crippen molar-refractivity contribution in [2.24, 2.45) is 5.92 Å². The van der Waals surface area contributed by atoms with Gasteiger partial charge < -0.3 is 10.2 Å². The number of benzene rings is 2. The van der Waals surface area contributed by atoms with Crippen molar-refractivity contribution < 1.29 is 13.2 Å². The number of fused-ring (bicyclic) bond motifs is 2. The smallest absolute Gasteiger partial charge is 0.244 e. The van der Waals surface area contributed by atoms with Gasteiger partial charge in [0.2, 0.25) is 15.9 Å². The van der Waals surface area contributed by atoms with Gasteiger partial charge in [0, 0.05) is 13.1 Å². The number of sulfonamides is 1. The van der Waals surface area contributed by atoms with Crippen molar-refractivity contribution in [3.8, 4) is 0 Å². The summed E-state index contributed by atoms with van der Waals surface area (Å²) in [5.41, 5.74) is 2.22. The van der Waals surface area contributed by atoms with E-state index in [1.54, 1.807) is 22.9 Å². The highest BCUT2D eigenvalue weighted by atomic mass is 32.2. The van der Waals surface area contributed by atoms with Crippen LogP contribution >= 0.6 is 0 Å². The Morgan fingerprint density at radius 2 is 1.80 bits per heavy atom. The fourth-order valence-electron chi connectivity index (χ4n) is 4.21. The van der Waals surface area contributed by atoms with Gasteiger partial charge in [0.1, 0.15) is 17.0 Å². The molecule has 2 N–H and O–H groups in total. The SMILES string of the molecule is O=C(Cn1nnc2ccccc21)N1CCC(C2Nc3ccccc3S(=O)(=O)N2)CC1. The maximum absolute atomic E-state index is 12.8. The summed E-state index contributed by atoms with van der Waals surface area (Å²) in [5, 5.41) is 11.5. The van der Waals surface area contributed by atoms with Crippen molar-refractivity contribution in [3.05, 3.63) is 48.5 Å². The number of nitrogens with one attached hydrogen (secondary N) is 2. The lowest BCUT2D eigenvalue weighted by atomic mass is 9.93. The number of piperidine rings is 1. The Morgan fingerprint density at radius 3 is 2.63 bits per heavy atom. The number of carbonyl (C=O) groups excluding carboxylic acids is 1. The molecular weight excluding hydrogens is 404 g/mol. The van der Waals surface area contributed by atoms with Gasteiger partial charge in [0.05, 0.1) is 17.4 Å². The van der Waals surface area contributed by atoms with Gasteiger partial charge in [-0.2, -0.15) is 4.72 Å². The van der Waals surface area contributed by atoms with Gasteiger partial charge in [-0.3, -0.25) is 4.79 Å². The largest absolute Gasteiger partial charge is 0.368 e. The van der Waals surface area contributed by atoms with E-state index in [1.807, 2.05) is 35.2 Å². The van der Waals surface area contributed by atoms with Gasteiger partial charge >= 0.3 is 0 Å². The average Bonchev–Trinajstić information content (AvgIpc) is 3.16. The summed E-state index contributed by atoms with van der Waals surface area (Å²) in [6.45, 7) is 1.31. The number of amides is 1. The van der Waals surface area contributed by atoms with Crippen LogP contribution in [0, 0.1) is 5.92 Å². The molecule has 1 unspecified atom stereocenters. The first-order chi connectivity index (χ1) is 14.5. The van der Waals surface area contributed by atoms with E-state index in [9.17, 15) is 13.2 Å². The predicted molar refractivity (Wildman–Crippen MR) is 111 cm³/mol. The maximum Gasteiger partial charge on any atom is 0.244 e. The molecule has 2 aliphatic heterocycles. The zero-order valence-electron chi connectivity index (χ0n) is 16.2. The van der Waals surface area contributed by atoms with Crippen LogP contribution in [0.15, 0.2) is 53.4 Å². The number of nitrogens with zero attached hydrogens (tertiary/aromatic N) is 4. The Bertz CT molecular complexity index is 1200. The lowest BCUT2D eigenvalue weighted by Crippen LogP contribution is -2.52. The normalized spacial score (nSPS) is 21.2. The first-order valence-electron chi connectivity index (χ1n) is 9.95. The molecule has 30 heavy (non-hydrogen) atoms. The van der Waals surface area contributed by atoms with Crippen LogP contribution in [0.1, 0.15) is 12.8 Å². The van der Waals surface area contributed by atoms with Crippen LogP contribution in [-0.2, 0) is 21.4 Å². The lowest BCUT2D eigenvalue weighted by molar-refractivity contribution is -0.133. The van der Waals surface area contributed by atoms with E-state index in [1.165, 1.54) is 0 Å². The van der Waals surface area contributed by atoms with E-state index in [-0.39, 0.29) is 29.4 Å². The second-order valence-electron chi connectivity index (χ2n) is 7.69. The number of anilines is 1. The second kappa shape index (κ2) is 7.37. The third kappa shape index (κ3) is 3.41. The number of para-hydroxylation sites is 2. The summed E-state index contributed by atoms with van der Waals surface area (Å²) >= 11 is 0. The van der Waals surface area contributed by atoms with Crippen molar-refractivity contribution >= 4 is 32.7 Å². The predicted octanol–water partition coefficient (Wildman–Crippen LogP) is 1.40. The maximum atomic E-state index is 12.8. The second-order valence-corrected chi connectivity index (χ2v) is 9.38. The summed E-state index contributed by atoms with van der Waals surface area (Å²) in [6.07, 6.45) is 1.06. The molecular formula is C20H22N6O3S. The monoisotopic (exact) mass is 426 g/mol. The van der Waals surface area contributed by atoms with E-state index in [4.69, 9.17) is 0 Å². The molecule has 1 saturated heterocycles. The zero-order chi connectivity index (χ0) is 20.7. The summed E-state index contributed by atoms with van der Waals surface area (Å²) in [7, 11) is -3.54.